The molecule has 0 bridgehead atoms. The fourth-order valence-electron chi connectivity index (χ4n) is 4.32. The van der Waals surface area contributed by atoms with Gasteiger partial charge in [0.15, 0.2) is 11.5 Å². The number of hydrogen-bond donors (Lipinski definition) is 0. The summed E-state index contributed by atoms with van der Waals surface area (Å²) in [4.78, 5) is 27.5. The Bertz CT molecular complexity index is 802. The number of methoxy groups -OCH3 is 2. The number of carbonyl (C=O) groups is 1. The van der Waals surface area contributed by atoms with E-state index < -0.39 is 0 Å². The van der Waals surface area contributed by atoms with Gasteiger partial charge in [0.05, 0.1) is 25.7 Å². The van der Waals surface area contributed by atoms with Gasteiger partial charge in [0, 0.05) is 26.6 Å². The Balaban J connectivity index is 2.14. The lowest BCUT2D eigenvalue weighted by molar-refractivity contribution is -0.145. The lowest BCUT2D eigenvalue weighted by atomic mass is 9.81. The molecule has 0 saturated carbocycles. The highest BCUT2D eigenvalue weighted by Crippen LogP contribution is 2.35. The average Bonchev–Trinajstić information content (AvgIpc) is 3.17. The normalized spacial score (nSPS) is 19.8. The molecule has 184 valence electrons. The van der Waals surface area contributed by atoms with Crippen LogP contribution in [0.4, 0.5) is 0 Å². The number of rotatable bonds is 14. The van der Waals surface area contributed by atoms with E-state index in [2.05, 4.69) is 18.8 Å². The summed E-state index contributed by atoms with van der Waals surface area (Å²) in [7, 11) is 3.30. The highest BCUT2D eigenvalue weighted by molar-refractivity contribution is 5.75. The first kappa shape index (κ1) is 26.9. The Morgan fingerprint density at radius 2 is 1.91 bits per heavy atom. The van der Waals surface area contributed by atoms with E-state index in [4.69, 9.17) is 18.9 Å². The zero-order chi connectivity index (χ0) is 24.4. The number of carbonyl (C=O) groups excluding carboxylic acids is 2. The van der Waals surface area contributed by atoms with Gasteiger partial charge in [-0.05, 0) is 48.3 Å². The molecule has 1 aliphatic heterocycles. The third kappa shape index (κ3) is 7.86. The van der Waals surface area contributed by atoms with E-state index >= 15 is 0 Å². The predicted molar refractivity (Wildman–Crippen MR) is 126 cm³/mol. The Morgan fingerprint density at radius 1 is 1.15 bits per heavy atom. The lowest BCUT2D eigenvalue weighted by Crippen LogP contribution is -2.29. The molecule has 7 heteroatoms. The minimum atomic E-state index is -0.384. The molecule has 33 heavy (non-hydrogen) atoms. The summed E-state index contributed by atoms with van der Waals surface area (Å²) in [5, 5.41) is 0. The summed E-state index contributed by atoms with van der Waals surface area (Å²) < 4.78 is 22.1. The smallest absolute Gasteiger partial charge is 0.309 e. The largest absolute Gasteiger partial charge is 0.493 e. The summed E-state index contributed by atoms with van der Waals surface area (Å²) in [5.74, 6) is 1.85. The van der Waals surface area contributed by atoms with E-state index in [0.717, 1.165) is 18.4 Å². The van der Waals surface area contributed by atoms with Gasteiger partial charge < -0.3 is 18.9 Å². The summed E-state index contributed by atoms with van der Waals surface area (Å²) >= 11 is 0. The average molecular weight is 462 g/mol. The second kappa shape index (κ2) is 13.4. The van der Waals surface area contributed by atoms with Gasteiger partial charge in [0.25, 0.3) is 0 Å². The van der Waals surface area contributed by atoms with Crippen molar-refractivity contribution in [1.29, 1.82) is 0 Å². The second-order valence-corrected chi connectivity index (χ2v) is 9.47. The van der Waals surface area contributed by atoms with Crippen molar-refractivity contribution in [2.45, 2.75) is 65.5 Å². The molecule has 0 spiro atoms. The van der Waals surface area contributed by atoms with Crippen molar-refractivity contribution in [1.82, 2.24) is 0 Å². The summed E-state index contributed by atoms with van der Waals surface area (Å²) in [6.07, 6.45) is 4.16. The molecule has 1 heterocycles. The first-order valence-electron chi connectivity index (χ1n) is 11.9. The van der Waals surface area contributed by atoms with E-state index in [9.17, 15) is 9.59 Å². The van der Waals surface area contributed by atoms with Gasteiger partial charge in [-0.2, -0.15) is 4.99 Å². The molecule has 0 radical (unpaired) electrons. The zero-order valence-electron chi connectivity index (χ0n) is 20.8. The molecular formula is C26H39NO6. The fraction of sp³-hybridized carbons (Fsp3) is 0.692. The van der Waals surface area contributed by atoms with E-state index in [-0.39, 0.29) is 35.9 Å². The van der Waals surface area contributed by atoms with Gasteiger partial charge in [0.1, 0.15) is 6.10 Å². The van der Waals surface area contributed by atoms with E-state index in [1.807, 2.05) is 32.0 Å². The first-order valence-corrected chi connectivity index (χ1v) is 11.9. The van der Waals surface area contributed by atoms with Gasteiger partial charge in [-0.1, -0.05) is 33.8 Å². The number of hydrogen-bond acceptors (Lipinski definition) is 7. The van der Waals surface area contributed by atoms with Gasteiger partial charge >= 0.3 is 5.97 Å². The molecule has 1 aromatic carbocycles. The molecule has 4 atom stereocenters. The maximum absolute atomic E-state index is 12.3. The molecule has 1 aromatic rings. The Kier molecular flexibility index (Phi) is 10.9. The molecule has 7 nitrogen and oxygen atoms in total. The van der Waals surface area contributed by atoms with Crippen LogP contribution in [0.15, 0.2) is 23.2 Å². The van der Waals surface area contributed by atoms with Crippen LogP contribution in [0.5, 0.6) is 11.5 Å². The molecule has 1 saturated heterocycles. The van der Waals surface area contributed by atoms with Gasteiger partial charge in [0.2, 0.25) is 6.08 Å². The lowest BCUT2D eigenvalue weighted by Gasteiger charge is -2.26. The quantitative estimate of drug-likeness (QED) is 0.174. The fourth-order valence-corrected chi connectivity index (χ4v) is 4.32. The third-order valence-electron chi connectivity index (χ3n) is 6.47. The molecular weight excluding hydrogens is 422 g/mol. The SMILES string of the molecule is COCCCOc1cc(C[C@@H](C[C@H](N=C=O)C2C[C@@H](C(C)C)C(=O)O2)C(C)C)ccc1OC. The third-order valence-corrected chi connectivity index (χ3v) is 6.47. The maximum Gasteiger partial charge on any atom is 0.309 e. The molecule has 0 aromatic heterocycles. The minimum Gasteiger partial charge on any atom is -0.493 e. The highest BCUT2D eigenvalue weighted by atomic mass is 16.6. The van der Waals surface area contributed by atoms with Crippen molar-refractivity contribution in [3.8, 4) is 11.5 Å². The van der Waals surface area contributed by atoms with Gasteiger partial charge in [-0.3, -0.25) is 4.79 Å². The summed E-state index contributed by atoms with van der Waals surface area (Å²) in [6.45, 7) is 9.54. The maximum atomic E-state index is 12.3. The topological polar surface area (TPSA) is 83.4 Å². The van der Waals surface area contributed by atoms with Crippen molar-refractivity contribution >= 4 is 12.0 Å². The standard InChI is InChI=1S/C26H39NO6/c1-17(2)20(14-22(27-16-28)24-15-21(18(3)4)26(29)33-24)12-19-8-9-23(31-6)25(13-19)32-11-7-10-30-5/h8-9,13,17-18,20-22,24H,7,10-12,14-15H2,1-6H3/t20-,21-,22-,24?/m0/s1. The Hall–Kier alpha value is -2.37. The number of esters is 1. The molecule has 0 N–H and O–H groups in total. The van der Waals surface area contributed by atoms with Crippen molar-refractivity contribution in [2.24, 2.45) is 28.7 Å². The zero-order valence-corrected chi connectivity index (χ0v) is 20.8. The molecule has 1 unspecified atom stereocenters. The van der Waals surface area contributed by atoms with Crippen molar-refractivity contribution < 1.29 is 28.5 Å². The molecule has 0 amide bonds. The number of ether oxygens (including phenoxy) is 4. The number of nitrogens with zero attached hydrogens (tertiary/aromatic N) is 1. The highest BCUT2D eigenvalue weighted by Gasteiger charge is 2.41. The second-order valence-electron chi connectivity index (χ2n) is 9.47. The summed E-state index contributed by atoms with van der Waals surface area (Å²) in [6, 6.07) is 5.60. The summed E-state index contributed by atoms with van der Waals surface area (Å²) in [5.41, 5.74) is 1.12. The Morgan fingerprint density at radius 3 is 2.48 bits per heavy atom. The predicted octanol–water partition coefficient (Wildman–Crippen LogP) is 4.61. The number of cyclic esters (lactones) is 1. The minimum absolute atomic E-state index is 0.142. The van der Waals surface area contributed by atoms with Crippen molar-refractivity contribution in [3.63, 3.8) is 0 Å². The molecule has 1 fully saturated rings. The van der Waals surface area contributed by atoms with Crippen LogP contribution in [0.3, 0.4) is 0 Å². The molecule has 2 rings (SSSR count). The monoisotopic (exact) mass is 461 g/mol. The van der Waals surface area contributed by atoms with Crippen LogP contribution in [0, 0.1) is 23.7 Å². The van der Waals surface area contributed by atoms with E-state index in [1.165, 1.54) is 0 Å². The van der Waals surface area contributed by atoms with Crippen molar-refractivity contribution in [3.05, 3.63) is 23.8 Å². The van der Waals surface area contributed by atoms with Crippen LogP contribution in [0.2, 0.25) is 0 Å². The Labute approximate surface area is 197 Å². The van der Waals surface area contributed by atoms with Crippen LogP contribution < -0.4 is 9.47 Å². The van der Waals surface area contributed by atoms with Crippen LogP contribution in [-0.4, -0.2) is 51.6 Å². The van der Waals surface area contributed by atoms with E-state index in [0.29, 0.717) is 43.5 Å². The molecule has 1 aliphatic rings. The first-order chi connectivity index (χ1) is 15.8. The van der Waals surface area contributed by atoms with E-state index in [1.54, 1.807) is 20.3 Å². The number of isocyanates is 1. The van der Waals surface area contributed by atoms with Gasteiger partial charge in [-0.25, -0.2) is 4.79 Å². The van der Waals surface area contributed by atoms with Crippen molar-refractivity contribution in [2.75, 3.05) is 27.4 Å². The van der Waals surface area contributed by atoms with Gasteiger partial charge in [-0.15, -0.1) is 0 Å². The van der Waals surface area contributed by atoms with Crippen LogP contribution >= 0.6 is 0 Å². The van der Waals surface area contributed by atoms with Crippen LogP contribution in [0.25, 0.3) is 0 Å². The number of benzene rings is 1. The molecule has 0 aliphatic carbocycles. The van der Waals surface area contributed by atoms with Crippen LogP contribution in [-0.2, 0) is 25.5 Å². The van der Waals surface area contributed by atoms with Crippen LogP contribution in [0.1, 0.15) is 52.5 Å². The number of aliphatic imine (C=N–C) groups is 1.